The summed E-state index contributed by atoms with van der Waals surface area (Å²) in [5.74, 6) is 0. The second kappa shape index (κ2) is 5.93. The summed E-state index contributed by atoms with van der Waals surface area (Å²) in [7, 11) is 2.16. The van der Waals surface area contributed by atoms with E-state index >= 15 is 0 Å². The number of hydrogen-bond donors (Lipinski definition) is 0. The second-order valence-electron chi connectivity index (χ2n) is 7.08. The van der Waals surface area contributed by atoms with Crippen molar-refractivity contribution in [2.75, 3.05) is 0 Å². The second-order valence-corrected chi connectivity index (χ2v) is 7.94. The molecular formula is C21H24NS+. The molecule has 0 aliphatic heterocycles. The van der Waals surface area contributed by atoms with E-state index < -0.39 is 0 Å². The molecule has 0 bridgehead atoms. The van der Waals surface area contributed by atoms with Crippen LogP contribution in [0, 0.1) is 6.92 Å². The molecule has 0 saturated carbocycles. The topological polar surface area (TPSA) is 3.88 Å². The van der Waals surface area contributed by atoms with Crippen molar-refractivity contribution < 1.29 is 4.57 Å². The largest absolute Gasteiger partial charge is 0.269 e. The van der Waals surface area contributed by atoms with E-state index in [4.69, 9.17) is 0 Å². The summed E-state index contributed by atoms with van der Waals surface area (Å²) >= 11 is 1.81. The molecule has 0 radical (unpaired) electrons. The van der Waals surface area contributed by atoms with E-state index in [1.165, 1.54) is 33.0 Å². The van der Waals surface area contributed by atoms with Crippen LogP contribution < -0.4 is 4.57 Å². The minimum atomic E-state index is 0.164. The van der Waals surface area contributed by atoms with Crippen LogP contribution >= 0.6 is 11.3 Å². The van der Waals surface area contributed by atoms with Crippen molar-refractivity contribution in [2.24, 2.45) is 7.05 Å². The van der Waals surface area contributed by atoms with Gasteiger partial charge >= 0.3 is 0 Å². The fourth-order valence-electron chi connectivity index (χ4n) is 3.19. The quantitative estimate of drug-likeness (QED) is 0.548. The molecule has 0 fully saturated rings. The van der Waals surface area contributed by atoms with Crippen molar-refractivity contribution in [3.05, 3.63) is 65.0 Å². The number of benzene rings is 2. The number of rotatable bonds is 2. The van der Waals surface area contributed by atoms with Gasteiger partial charge in [-0.2, -0.15) is 4.57 Å². The Hall–Kier alpha value is -1.93. The zero-order valence-corrected chi connectivity index (χ0v) is 15.4. The first kappa shape index (κ1) is 15.9. The third kappa shape index (κ3) is 2.96. The molecule has 0 unspecified atom stereocenters. The van der Waals surface area contributed by atoms with Gasteiger partial charge < -0.3 is 0 Å². The first-order chi connectivity index (χ1) is 10.9. The Morgan fingerprint density at radius 3 is 2.26 bits per heavy atom. The molecule has 2 aromatic carbocycles. The van der Waals surface area contributed by atoms with Crippen LogP contribution in [0.25, 0.3) is 21.8 Å². The molecule has 118 valence electrons. The summed E-state index contributed by atoms with van der Waals surface area (Å²) in [6, 6.07) is 17.3. The van der Waals surface area contributed by atoms with Crippen LogP contribution in [-0.2, 0) is 12.5 Å². The smallest absolute Gasteiger partial charge is 0.184 e. The summed E-state index contributed by atoms with van der Waals surface area (Å²) < 4.78 is 2.31. The lowest BCUT2D eigenvalue weighted by Crippen LogP contribution is -2.30. The minimum absolute atomic E-state index is 0.164. The first-order valence-electron chi connectivity index (χ1n) is 8.03. The van der Waals surface area contributed by atoms with Gasteiger partial charge in [-0.25, -0.2) is 0 Å². The molecule has 0 aliphatic carbocycles. The van der Waals surface area contributed by atoms with Crippen molar-refractivity contribution >= 4 is 11.3 Å². The molecular weight excluding hydrogens is 298 g/mol. The van der Waals surface area contributed by atoms with Crippen LogP contribution in [0.2, 0.25) is 0 Å². The van der Waals surface area contributed by atoms with Gasteiger partial charge in [0, 0.05) is 0 Å². The number of hydrogen-bond acceptors (Lipinski definition) is 1. The van der Waals surface area contributed by atoms with Crippen LogP contribution in [0.4, 0.5) is 0 Å². The number of thiazole rings is 1. The third-order valence-corrected chi connectivity index (χ3v) is 5.46. The van der Waals surface area contributed by atoms with Crippen LogP contribution in [0.5, 0.6) is 0 Å². The van der Waals surface area contributed by atoms with Gasteiger partial charge in [0.15, 0.2) is 0 Å². The van der Waals surface area contributed by atoms with E-state index in [0.717, 1.165) is 0 Å². The van der Waals surface area contributed by atoms with Gasteiger partial charge in [-0.05, 0) is 41.7 Å². The molecule has 0 spiro atoms. The maximum absolute atomic E-state index is 2.31. The maximum atomic E-state index is 2.31. The molecule has 0 atom stereocenters. The van der Waals surface area contributed by atoms with Gasteiger partial charge in [0.1, 0.15) is 7.05 Å². The molecule has 3 rings (SSSR count). The standard InChI is InChI=1S/C21H24NS/c1-15-17(12-9-13-18(15)21(2,3)4)19-14-23-20(22(19)5)16-10-7-6-8-11-16/h6-14H,1-5H3/q+1. The normalized spacial score (nSPS) is 11.7. The van der Waals surface area contributed by atoms with E-state index in [0.29, 0.717) is 0 Å². The maximum Gasteiger partial charge on any atom is 0.269 e. The molecule has 0 aliphatic rings. The molecule has 1 nitrogen and oxygen atoms in total. The van der Waals surface area contributed by atoms with E-state index in [1.54, 1.807) is 0 Å². The summed E-state index contributed by atoms with van der Waals surface area (Å²) in [4.78, 5) is 0. The fourth-order valence-corrected chi connectivity index (χ4v) is 4.23. The Morgan fingerprint density at radius 2 is 1.61 bits per heavy atom. The average molecular weight is 322 g/mol. The van der Waals surface area contributed by atoms with E-state index in [2.05, 4.69) is 93.2 Å². The van der Waals surface area contributed by atoms with Gasteiger partial charge in [0.2, 0.25) is 5.69 Å². The van der Waals surface area contributed by atoms with Gasteiger partial charge in [0.25, 0.3) is 5.01 Å². The zero-order chi connectivity index (χ0) is 16.6. The van der Waals surface area contributed by atoms with Gasteiger partial charge in [-0.15, -0.1) is 0 Å². The lowest BCUT2D eigenvalue weighted by Gasteiger charge is -2.22. The number of nitrogens with zero attached hydrogens (tertiary/aromatic N) is 1. The lowest BCUT2D eigenvalue weighted by atomic mass is 9.82. The van der Waals surface area contributed by atoms with Crippen LogP contribution in [0.3, 0.4) is 0 Å². The summed E-state index contributed by atoms with van der Waals surface area (Å²) in [6.07, 6.45) is 0. The van der Waals surface area contributed by atoms with Gasteiger partial charge in [0.05, 0.1) is 16.5 Å². The molecule has 0 N–H and O–H groups in total. The van der Waals surface area contributed by atoms with E-state index in [9.17, 15) is 0 Å². The summed E-state index contributed by atoms with van der Waals surface area (Å²) in [5, 5.41) is 3.57. The lowest BCUT2D eigenvalue weighted by molar-refractivity contribution is -0.644. The highest BCUT2D eigenvalue weighted by atomic mass is 32.1. The van der Waals surface area contributed by atoms with Crippen LogP contribution in [0.1, 0.15) is 31.9 Å². The minimum Gasteiger partial charge on any atom is -0.184 e. The Labute approximate surface area is 143 Å². The predicted octanol–water partition coefficient (Wildman–Crippen LogP) is 5.51. The molecule has 0 amide bonds. The number of aromatic nitrogens is 1. The highest BCUT2D eigenvalue weighted by Crippen LogP contribution is 2.33. The van der Waals surface area contributed by atoms with Crippen molar-refractivity contribution in [3.8, 4) is 21.8 Å². The fraction of sp³-hybridized carbons (Fsp3) is 0.286. The van der Waals surface area contributed by atoms with Gasteiger partial charge in [-0.3, -0.25) is 0 Å². The van der Waals surface area contributed by atoms with Crippen molar-refractivity contribution in [2.45, 2.75) is 33.1 Å². The van der Waals surface area contributed by atoms with Crippen molar-refractivity contribution in [1.82, 2.24) is 0 Å². The molecule has 0 saturated heterocycles. The summed E-state index contributed by atoms with van der Waals surface area (Å²) in [6.45, 7) is 9.09. The average Bonchev–Trinajstić information content (AvgIpc) is 2.89. The summed E-state index contributed by atoms with van der Waals surface area (Å²) in [5.41, 5.74) is 6.86. The first-order valence-corrected chi connectivity index (χ1v) is 8.91. The molecule has 1 aromatic heterocycles. The predicted molar refractivity (Wildman–Crippen MR) is 99.8 cm³/mol. The van der Waals surface area contributed by atoms with Crippen molar-refractivity contribution in [1.29, 1.82) is 0 Å². The Balaban J connectivity index is 2.13. The molecule has 2 heteroatoms. The van der Waals surface area contributed by atoms with Crippen molar-refractivity contribution in [3.63, 3.8) is 0 Å². The highest BCUT2D eigenvalue weighted by molar-refractivity contribution is 7.13. The molecule has 23 heavy (non-hydrogen) atoms. The van der Waals surface area contributed by atoms with E-state index in [1.807, 2.05) is 11.3 Å². The van der Waals surface area contributed by atoms with Crippen LogP contribution in [-0.4, -0.2) is 0 Å². The van der Waals surface area contributed by atoms with E-state index in [-0.39, 0.29) is 5.41 Å². The molecule has 3 aromatic rings. The Bertz CT molecular complexity index is 823. The molecule has 1 heterocycles. The highest BCUT2D eigenvalue weighted by Gasteiger charge is 2.24. The van der Waals surface area contributed by atoms with Gasteiger partial charge in [-0.1, -0.05) is 62.4 Å². The SMILES string of the molecule is Cc1c(-c2csc(-c3ccccc3)[n+]2C)cccc1C(C)(C)C. The zero-order valence-electron chi connectivity index (χ0n) is 14.6. The monoisotopic (exact) mass is 322 g/mol. The third-order valence-electron chi connectivity index (χ3n) is 4.39. The van der Waals surface area contributed by atoms with Crippen LogP contribution in [0.15, 0.2) is 53.9 Å². The Morgan fingerprint density at radius 1 is 0.913 bits per heavy atom. The Kier molecular flexibility index (Phi) is 4.11.